The van der Waals surface area contributed by atoms with Crippen molar-refractivity contribution in [3.8, 4) is 10.6 Å². The van der Waals surface area contributed by atoms with Crippen molar-refractivity contribution < 1.29 is 0 Å². The first-order chi connectivity index (χ1) is 14.1. The number of hydrogen-bond acceptors (Lipinski definition) is 4. The third-order valence-electron chi connectivity index (χ3n) is 5.41. The molecule has 1 aromatic carbocycles. The zero-order valence-electron chi connectivity index (χ0n) is 19.7. The maximum atomic E-state index is 12.7. The Kier molecular flexibility index (Phi) is 7.81. The largest absolute Gasteiger partial charge is 0.388 e. The minimum Gasteiger partial charge on any atom is -0.388 e. The molecule has 30 heavy (non-hydrogen) atoms. The fourth-order valence-electron chi connectivity index (χ4n) is 3.69. The Morgan fingerprint density at radius 1 is 1.10 bits per heavy atom. The van der Waals surface area contributed by atoms with Crippen molar-refractivity contribution in [2.24, 2.45) is 10.8 Å². The molecule has 0 spiro atoms. The number of anilines is 1. The average molecular weight is 425 g/mol. The molecule has 0 amide bonds. The topological polar surface area (TPSA) is 42.0 Å². The molecule has 0 atom stereocenters. The van der Waals surface area contributed by atoms with E-state index in [0.29, 0.717) is 5.56 Å². The number of hydrogen-bond donors (Lipinski definition) is 1. The molecule has 0 aromatic heterocycles. The molecule has 1 aliphatic carbocycles. The SMILES string of the molecule is CC.CCC(C)(C)CC(C)(C)/C=C/c1cc2nc3ccc(NC)cc3sc-2cc1=O. The summed E-state index contributed by atoms with van der Waals surface area (Å²) in [5.41, 5.74) is 3.95. The Balaban J connectivity index is 0.00000155. The maximum Gasteiger partial charge on any atom is 0.187 e. The van der Waals surface area contributed by atoms with Gasteiger partial charge in [0.2, 0.25) is 0 Å². The summed E-state index contributed by atoms with van der Waals surface area (Å²) in [6, 6.07) is 9.77. The minimum absolute atomic E-state index is 0.0316. The molecule has 1 aromatic rings. The van der Waals surface area contributed by atoms with Crippen molar-refractivity contribution in [1.82, 2.24) is 4.98 Å². The predicted molar refractivity (Wildman–Crippen MR) is 135 cm³/mol. The van der Waals surface area contributed by atoms with Gasteiger partial charge in [-0.15, -0.1) is 11.3 Å². The van der Waals surface area contributed by atoms with E-state index < -0.39 is 0 Å². The number of rotatable bonds is 6. The molecule has 0 fully saturated rings. The smallest absolute Gasteiger partial charge is 0.187 e. The lowest BCUT2D eigenvalue weighted by Crippen LogP contribution is -2.20. The van der Waals surface area contributed by atoms with E-state index in [-0.39, 0.29) is 16.3 Å². The summed E-state index contributed by atoms with van der Waals surface area (Å²) in [5.74, 6) is 0. The first-order valence-corrected chi connectivity index (χ1v) is 11.7. The van der Waals surface area contributed by atoms with Crippen molar-refractivity contribution >= 4 is 33.3 Å². The average Bonchev–Trinajstić information content (AvgIpc) is 2.71. The van der Waals surface area contributed by atoms with E-state index in [1.54, 1.807) is 17.4 Å². The Bertz CT molecular complexity index is 1050. The van der Waals surface area contributed by atoms with Gasteiger partial charge in [0.25, 0.3) is 0 Å². The summed E-state index contributed by atoms with van der Waals surface area (Å²) in [6.07, 6.45) is 6.37. The van der Waals surface area contributed by atoms with Crippen LogP contribution in [0.4, 0.5) is 5.69 Å². The molecule has 1 heterocycles. The van der Waals surface area contributed by atoms with Crippen molar-refractivity contribution in [3.05, 3.63) is 52.2 Å². The predicted octanol–water partition coefficient (Wildman–Crippen LogP) is 7.69. The Labute approximate surface area is 185 Å². The summed E-state index contributed by atoms with van der Waals surface area (Å²) in [5, 5.41) is 3.15. The summed E-state index contributed by atoms with van der Waals surface area (Å²) in [4.78, 5) is 18.4. The molecular weight excluding hydrogens is 388 g/mol. The molecule has 0 radical (unpaired) electrons. The lowest BCUT2D eigenvalue weighted by Gasteiger charge is -2.32. The van der Waals surface area contributed by atoms with Gasteiger partial charge in [-0.2, -0.15) is 0 Å². The van der Waals surface area contributed by atoms with Crippen LogP contribution in [0, 0.1) is 10.8 Å². The molecule has 3 nitrogen and oxygen atoms in total. The van der Waals surface area contributed by atoms with Crippen LogP contribution < -0.4 is 10.7 Å². The van der Waals surface area contributed by atoms with E-state index in [9.17, 15) is 4.79 Å². The fraction of sp³-hybridized carbons (Fsp3) is 0.462. The number of nitrogens with one attached hydrogen (secondary N) is 1. The van der Waals surface area contributed by atoms with Crippen LogP contribution in [0.5, 0.6) is 0 Å². The van der Waals surface area contributed by atoms with Gasteiger partial charge in [0.1, 0.15) is 0 Å². The third kappa shape index (κ3) is 5.91. The van der Waals surface area contributed by atoms with Gasteiger partial charge in [0.15, 0.2) is 5.43 Å². The highest BCUT2D eigenvalue weighted by Crippen LogP contribution is 2.37. The van der Waals surface area contributed by atoms with Crippen LogP contribution in [0.25, 0.3) is 26.9 Å². The van der Waals surface area contributed by atoms with Crippen LogP contribution in [0.15, 0.2) is 41.2 Å². The van der Waals surface area contributed by atoms with Crippen LogP contribution in [0.1, 0.15) is 66.9 Å². The Hall–Kier alpha value is -2.20. The van der Waals surface area contributed by atoms with Crippen LogP contribution in [-0.4, -0.2) is 12.0 Å². The lowest BCUT2D eigenvalue weighted by atomic mass is 9.73. The van der Waals surface area contributed by atoms with E-state index in [4.69, 9.17) is 4.98 Å². The molecule has 3 rings (SSSR count). The van der Waals surface area contributed by atoms with Gasteiger partial charge in [-0.25, -0.2) is 4.98 Å². The molecule has 0 saturated heterocycles. The van der Waals surface area contributed by atoms with E-state index >= 15 is 0 Å². The summed E-state index contributed by atoms with van der Waals surface area (Å²) >= 11 is 1.61. The number of nitrogens with zero attached hydrogens (tertiary/aromatic N) is 1. The van der Waals surface area contributed by atoms with Crippen LogP contribution in [0.3, 0.4) is 0 Å². The standard InChI is InChI=1S/C24H30N2OS.C2H6/c1-7-23(2,3)15-24(4,5)11-10-16-12-19-22(14-20(16)27)28-21-13-17(25-6)8-9-18(21)26-19;1-2/h8-14,25H,7,15H2,1-6H3;1-2H3/b11-10+;. The van der Waals surface area contributed by atoms with Crippen LogP contribution in [-0.2, 0) is 0 Å². The van der Waals surface area contributed by atoms with E-state index in [2.05, 4.69) is 52.1 Å². The summed E-state index contributed by atoms with van der Waals surface area (Å²) in [7, 11) is 1.90. The van der Waals surface area contributed by atoms with Crippen molar-refractivity contribution in [3.63, 3.8) is 0 Å². The van der Waals surface area contributed by atoms with E-state index in [0.717, 1.165) is 39.3 Å². The number of aromatic nitrogens is 1. The molecular formula is C26H36N2OS. The quantitative estimate of drug-likeness (QED) is 0.412. The highest BCUT2D eigenvalue weighted by Gasteiger charge is 2.25. The number of allylic oxidation sites excluding steroid dienone is 1. The van der Waals surface area contributed by atoms with Crippen LogP contribution >= 0.6 is 11.3 Å². The van der Waals surface area contributed by atoms with Gasteiger partial charge < -0.3 is 5.32 Å². The van der Waals surface area contributed by atoms with Gasteiger partial charge in [-0.3, -0.25) is 4.79 Å². The van der Waals surface area contributed by atoms with Gasteiger partial charge >= 0.3 is 0 Å². The van der Waals surface area contributed by atoms with E-state index in [1.165, 1.54) is 0 Å². The second kappa shape index (κ2) is 9.74. The minimum atomic E-state index is 0.0316. The lowest BCUT2D eigenvalue weighted by molar-refractivity contribution is 0.230. The van der Waals surface area contributed by atoms with E-state index in [1.807, 2.05) is 45.2 Å². The number of benzene rings is 2. The Morgan fingerprint density at radius 2 is 1.80 bits per heavy atom. The normalized spacial score (nSPS) is 12.3. The van der Waals surface area contributed by atoms with Gasteiger partial charge in [0.05, 0.1) is 20.8 Å². The second-order valence-electron chi connectivity index (χ2n) is 9.02. The van der Waals surface area contributed by atoms with Crippen LogP contribution in [0.2, 0.25) is 0 Å². The molecule has 4 heteroatoms. The van der Waals surface area contributed by atoms with Crippen molar-refractivity contribution in [2.75, 3.05) is 12.4 Å². The molecule has 162 valence electrons. The zero-order valence-corrected chi connectivity index (χ0v) is 20.5. The van der Waals surface area contributed by atoms with Gasteiger partial charge in [-0.05, 0) is 41.5 Å². The molecule has 0 unspecified atom stereocenters. The monoisotopic (exact) mass is 424 g/mol. The fourth-order valence-corrected chi connectivity index (χ4v) is 4.71. The number of fused-ring (bicyclic) bond motifs is 2. The third-order valence-corrected chi connectivity index (χ3v) is 6.50. The molecule has 2 aliphatic rings. The summed E-state index contributed by atoms with van der Waals surface area (Å²) in [6.45, 7) is 15.3. The molecule has 1 aliphatic heterocycles. The molecule has 1 N–H and O–H groups in total. The highest BCUT2D eigenvalue weighted by atomic mass is 32.1. The van der Waals surface area contributed by atoms with Gasteiger partial charge in [-0.1, -0.05) is 67.0 Å². The molecule has 0 saturated carbocycles. The zero-order chi connectivity index (χ0) is 22.5. The summed E-state index contributed by atoms with van der Waals surface area (Å²) < 4.78 is 1.07. The Morgan fingerprint density at radius 3 is 2.43 bits per heavy atom. The van der Waals surface area contributed by atoms with Gasteiger partial charge in [0, 0.05) is 24.4 Å². The van der Waals surface area contributed by atoms with Crippen molar-refractivity contribution in [2.45, 2.75) is 61.3 Å². The van der Waals surface area contributed by atoms with Crippen molar-refractivity contribution in [1.29, 1.82) is 0 Å². The second-order valence-corrected chi connectivity index (χ2v) is 10.1. The maximum absolute atomic E-state index is 12.7. The molecule has 0 bridgehead atoms. The highest BCUT2D eigenvalue weighted by molar-refractivity contribution is 7.21. The first-order valence-electron chi connectivity index (χ1n) is 10.9. The first kappa shape index (κ1) is 24.1.